The predicted molar refractivity (Wildman–Crippen MR) is 45.4 cm³/mol. The van der Waals surface area contributed by atoms with Gasteiger partial charge in [-0.05, 0) is 12.8 Å². The Labute approximate surface area is 72.8 Å². The summed E-state index contributed by atoms with van der Waals surface area (Å²) in [7, 11) is 1.68. The van der Waals surface area contributed by atoms with Crippen LogP contribution in [0.4, 0.5) is 0 Å². The number of hydrogen-bond donors (Lipinski definition) is 1. The minimum absolute atomic E-state index is 0.0610. The third kappa shape index (κ3) is 2.79. The Balaban J connectivity index is 2.21. The minimum Gasteiger partial charge on any atom is -0.354 e. The largest absolute Gasteiger partial charge is 0.354 e. The van der Waals surface area contributed by atoms with Crippen molar-refractivity contribution in [2.45, 2.75) is 25.8 Å². The lowest BCUT2D eigenvalue weighted by Crippen LogP contribution is -2.43. The van der Waals surface area contributed by atoms with Crippen LogP contribution in [0.15, 0.2) is 0 Å². The number of nitrogens with one attached hydrogen (secondary N) is 1. The summed E-state index contributed by atoms with van der Waals surface area (Å²) in [6, 6.07) is 0.342. The first-order valence-corrected chi connectivity index (χ1v) is 4.28. The van der Waals surface area contributed by atoms with Crippen molar-refractivity contribution in [1.82, 2.24) is 10.4 Å². The molecule has 1 aliphatic rings. The molecule has 0 atom stereocenters. The van der Waals surface area contributed by atoms with E-state index < -0.39 is 0 Å². The van der Waals surface area contributed by atoms with Gasteiger partial charge < -0.3 is 10.2 Å². The lowest BCUT2D eigenvalue weighted by Gasteiger charge is -2.30. The van der Waals surface area contributed by atoms with Crippen LogP contribution in [0.3, 0.4) is 0 Å². The smallest absolute Gasteiger partial charge is 0.217 e. The fourth-order valence-corrected chi connectivity index (χ4v) is 1.47. The van der Waals surface area contributed by atoms with Crippen LogP contribution in [0.1, 0.15) is 19.8 Å². The van der Waals surface area contributed by atoms with Crippen LogP contribution < -0.4 is 5.32 Å². The lowest BCUT2D eigenvalue weighted by atomic mass is 10.1. The molecule has 0 unspecified atom stereocenters. The average molecular weight is 172 g/mol. The summed E-state index contributed by atoms with van der Waals surface area (Å²) in [4.78, 5) is 15.8. The van der Waals surface area contributed by atoms with Gasteiger partial charge in [-0.2, -0.15) is 5.06 Å². The second kappa shape index (κ2) is 4.42. The van der Waals surface area contributed by atoms with Crippen molar-refractivity contribution in [3.05, 3.63) is 0 Å². The van der Waals surface area contributed by atoms with E-state index in [-0.39, 0.29) is 5.91 Å². The molecule has 1 aliphatic heterocycles. The van der Waals surface area contributed by atoms with Crippen molar-refractivity contribution in [1.29, 1.82) is 0 Å². The van der Waals surface area contributed by atoms with Crippen LogP contribution in [0.2, 0.25) is 0 Å². The molecule has 4 heteroatoms. The van der Waals surface area contributed by atoms with Gasteiger partial charge in [-0.25, -0.2) is 0 Å². The molecule has 4 nitrogen and oxygen atoms in total. The maximum atomic E-state index is 10.7. The van der Waals surface area contributed by atoms with Crippen molar-refractivity contribution in [3.63, 3.8) is 0 Å². The average Bonchev–Trinajstić information content (AvgIpc) is 2.05. The summed E-state index contributed by atoms with van der Waals surface area (Å²) in [6.45, 7) is 3.37. The second-order valence-corrected chi connectivity index (χ2v) is 3.09. The fraction of sp³-hybridized carbons (Fsp3) is 0.875. The van der Waals surface area contributed by atoms with Crippen molar-refractivity contribution in [2.75, 3.05) is 20.2 Å². The third-order valence-corrected chi connectivity index (χ3v) is 2.12. The van der Waals surface area contributed by atoms with Gasteiger partial charge >= 0.3 is 0 Å². The van der Waals surface area contributed by atoms with Gasteiger partial charge in [0.05, 0.1) is 7.11 Å². The SMILES string of the molecule is CON1CCC(NC(C)=O)CC1. The highest BCUT2D eigenvalue weighted by molar-refractivity contribution is 5.73. The van der Waals surface area contributed by atoms with Crippen molar-refractivity contribution in [2.24, 2.45) is 0 Å². The van der Waals surface area contributed by atoms with Gasteiger partial charge in [0.15, 0.2) is 0 Å². The number of carbonyl (C=O) groups excluding carboxylic acids is 1. The summed E-state index contributed by atoms with van der Waals surface area (Å²) in [5, 5.41) is 4.82. The van der Waals surface area contributed by atoms with Crippen LogP contribution in [0, 0.1) is 0 Å². The molecule has 0 radical (unpaired) electrons. The van der Waals surface area contributed by atoms with E-state index in [2.05, 4.69) is 5.32 Å². The summed E-state index contributed by atoms with van der Waals surface area (Å²) in [5.41, 5.74) is 0. The molecule has 1 fully saturated rings. The Bertz CT molecular complexity index is 153. The predicted octanol–water partition coefficient (Wildman–Crippen LogP) is 0.148. The van der Waals surface area contributed by atoms with E-state index in [0.29, 0.717) is 6.04 Å². The molecule has 1 amide bonds. The van der Waals surface area contributed by atoms with Crippen LogP contribution in [-0.2, 0) is 9.63 Å². The Kier molecular flexibility index (Phi) is 3.49. The van der Waals surface area contributed by atoms with E-state index in [1.54, 1.807) is 14.0 Å². The first-order valence-electron chi connectivity index (χ1n) is 4.28. The number of hydroxylamine groups is 2. The van der Waals surface area contributed by atoms with Gasteiger partial charge in [0, 0.05) is 26.1 Å². The van der Waals surface area contributed by atoms with Gasteiger partial charge in [0.1, 0.15) is 0 Å². The number of nitrogens with zero attached hydrogens (tertiary/aromatic N) is 1. The number of piperidine rings is 1. The first-order chi connectivity index (χ1) is 5.72. The summed E-state index contributed by atoms with van der Waals surface area (Å²) in [5.74, 6) is 0.0610. The van der Waals surface area contributed by atoms with Gasteiger partial charge in [-0.15, -0.1) is 0 Å². The van der Waals surface area contributed by atoms with E-state index >= 15 is 0 Å². The molecule has 1 N–H and O–H groups in total. The highest BCUT2D eigenvalue weighted by Gasteiger charge is 2.18. The Morgan fingerprint density at radius 3 is 2.50 bits per heavy atom. The molecule has 1 saturated heterocycles. The Hall–Kier alpha value is -0.610. The first kappa shape index (κ1) is 9.48. The fourth-order valence-electron chi connectivity index (χ4n) is 1.47. The maximum absolute atomic E-state index is 10.7. The third-order valence-electron chi connectivity index (χ3n) is 2.12. The molecule has 0 aromatic rings. The molecule has 0 aromatic carbocycles. The van der Waals surface area contributed by atoms with Gasteiger partial charge in [0.25, 0.3) is 0 Å². The second-order valence-electron chi connectivity index (χ2n) is 3.09. The quantitative estimate of drug-likeness (QED) is 0.644. The van der Waals surface area contributed by atoms with Crippen molar-refractivity contribution < 1.29 is 9.63 Å². The van der Waals surface area contributed by atoms with Gasteiger partial charge in [-0.3, -0.25) is 4.79 Å². The van der Waals surface area contributed by atoms with Crippen LogP contribution in [-0.4, -0.2) is 37.2 Å². The van der Waals surface area contributed by atoms with E-state index in [4.69, 9.17) is 4.84 Å². The number of hydrogen-bond acceptors (Lipinski definition) is 3. The Morgan fingerprint density at radius 1 is 1.50 bits per heavy atom. The molecule has 0 aliphatic carbocycles. The van der Waals surface area contributed by atoms with Crippen LogP contribution in [0.25, 0.3) is 0 Å². The number of carbonyl (C=O) groups is 1. The lowest BCUT2D eigenvalue weighted by molar-refractivity contribution is -0.146. The summed E-state index contributed by atoms with van der Waals surface area (Å²) >= 11 is 0. The topological polar surface area (TPSA) is 41.6 Å². The molecule has 0 spiro atoms. The van der Waals surface area contributed by atoms with E-state index in [1.807, 2.05) is 5.06 Å². The van der Waals surface area contributed by atoms with E-state index in [9.17, 15) is 4.79 Å². The highest BCUT2D eigenvalue weighted by atomic mass is 16.7. The molecule has 1 rings (SSSR count). The maximum Gasteiger partial charge on any atom is 0.217 e. The summed E-state index contributed by atoms with van der Waals surface area (Å²) in [6.07, 6.45) is 1.96. The molecule has 0 saturated carbocycles. The van der Waals surface area contributed by atoms with Crippen LogP contribution in [0.5, 0.6) is 0 Å². The summed E-state index contributed by atoms with van der Waals surface area (Å²) < 4.78 is 0. The molecule has 12 heavy (non-hydrogen) atoms. The zero-order valence-electron chi connectivity index (χ0n) is 7.67. The molecular formula is C8H16N2O2. The zero-order chi connectivity index (χ0) is 8.97. The number of rotatable bonds is 2. The molecule has 0 aromatic heterocycles. The van der Waals surface area contributed by atoms with Crippen molar-refractivity contribution in [3.8, 4) is 0 Å². The molecular weight excluding hydrogens is 156 g/mol. The normalized spacial score (nSPS) is 20.8. The van der Waals surface area contributed by atoms with E-state index in [0.717, 1.165) is 25.9 Å². The standard InChI is InChI=1S/C8H16N2O2/c1-7(11)9-8-3-5-10(12-2)6-4-8/h8H,3-6H2,1-2H3,(H,9,11). The molecule has 1 heterocycles. The number of amides is 1. The van der Waals surface area contributed by atoms with Gasteiger partial charge in [-0.1, -0.05) is 0 Å². The minimum atomic E-state index is 0.0610. The monoisotopic (exact) mass is 172 g/mol. The molecule has 0 bridgehead atoms. The zero-order valence-corrected chi connectivity index (χ0v) is 7.67. The molecule has 70 valence electrons. The van der Waals surface area contributed by atoms with Gasteiger partial charge in [0.2, 0.25) is 5.91 Å². The van der Waals surface area contributed by atoms with Crippen LogP contribution >= 0.6 is 0 Å². The highest BCUT2D eigenvalue weighted by Crippen LogP contribution is 2.09. The van der Waals surface area contributed by atoms with E-state index in [1.165, 1.54) is 0 Å². The van der Waals surface area contributed by atoms with Crippen molar-refractivity contribution >= 4 is 5.91 Å². The Morgan fingerprint density at radius 2 is 2.08 bits per heavy atom.